The first kappa shape index (κ1) is 14.6. The summed E-state index contributed by atoms with van der Waals surface area (Å²) in [4.78, 5) is 1.46. The van der Waals surface area contributed by atoms with E-state index in [1.165, 1.54) is 41.8 Å². The molecule has 0 radical (unpaired) electrons. The lowest BCUT2D eigenvalue weighted by Crippen LogP contribution is -2.18. The molecule has 1 heterocycles. The summed E-state index contributed by atoms with van der Waals surface area (Å²) in [6.07, 6.45) is 5.43. The second-order valence-electron chi connectivity index (χ2n) is 5.82. The summed E-state index contributed by atoms with van der Waals surface area (Å²) >= 11 is 1.86. The third-order valence-electron chi connectivity index (χ3n) is 4.28. The van der Waals surface area contributed by atoms with Gasteiger partial charge in [-0.05, 0) is 47.9 Å². The molecule has 21 heavy (non-hydrogen) atoms. The zero-order valence-electron chi connectivity index (χ0n) is 12.5. The van der Waals surface area contributed by atoms with Crippen LogP contribution in [0.5, 0.6) is 0 Å². The number of anilines is 1. The van der Waals surface area contributed by atoms with Crippen molar-refractivity contribution in [1.82, 2.24) is 0 Å². The molecule has 0 bridgehead atoms. The van der Waals surface area contributed by atoms with Crippen molar-refractivity contribution in [1.29, 1.82) is 0 Å². The molecule has 0 saturated heterocycles. The maximum absolute atomic E-state index is 5.23. The molecule has 0 aliphatic heterocycles. The molecule has 3 heteroatoms. The number of rotatable bonds is 6. The van der Waals surface area contributed by atoms with Crippen molar-refractivity contribution in [2.24, 2.45) is 5.92 Å². The van der Waals surface area contributed by atoms with Crippen molar-refractivity contribution in [2.45, 2.75) is 38.3 Å². The fourth-order valence-corrected chi connectivity index (χ4v) is 4.15. The molecule has 3 rings (SSSR count). The number of methoxy groups -OCH3 is 1. The van der Waals surface area contributed by atoms with Crippen molar-refractivity contribution < 1.29 is 4.74 Å². The highest BCUT2D eigenvalue weighted by atomic mass is 32.1. The number of hydrogen-bond donors (Lipinski definition) is 1. The van der Waals surface area contributed by atoms with Gasteiger partial charge in [-0.2, -0.15) is 0 Å². The summed E-state index contributed by atoms with van der Waals surface area (Å²) in [6.45, 7) is 0.669. The number of hydrogen-bond acceptors (Lipinski definition) is 3. The van der Waals surface area contributed by atoms with Crippen LogP contribution in [0.15, 0.2) is 41.8 Å². The second-order valence-corrected chi connectivity index (χ2v) is 6.79. The molecule has 1 unspecified atom stereocenters. The summed E-state index contributed by atoms with van der Waals surface area (Å²) < 4.78 is 5.23. The van der Waals surface area contributed by atoms with Gasteiger partial charge in [0.1, 0.15) is 0 Å². The Morgan fingerprint density at radius 3 is 2.81 bits per heavy atom. The molecule has 0 amide bonds. The maximum atomic E-state index is 5.23. The van der Waals surface area contributed by atoms with Gasteiger partial charge in [-0.3, -0.25) is 0 Å². The van der Waals surface area contributed by atoms with Crippen LogP contribution in [0, 0.1) is 5.92 Å². The van der Waals surface area contributed by atoms with Gasteiger partial charge in [-0.1, -0.05) is 31.0 Å². The van der Waals surface area contributed by atoms with Crippen molar-refractivity contribution in [3.63, 3.8) is 0 Å². The highest BCUT2D eigenvalue weighted by Gasteiger charge is 2.27. The van der Waals surface area contributed by atoms with E-state index in [2.05, 4.69) is 47.1 Å². The van der Waals surface area contributed by atoms with E-state index in [1.54, 1.807) is 7.11 Å². The molecule has 1 fully saturated rings. The topological polar surface area (TPSA) is 21.3 Å². The largest absolute Gasteiger partial charge is 0.380 e. The molecule has 1 aliphatic carbocycles. The molecule has 1 N–H and O–H groups in total. The van der Waals surface area contributed by atoms with Crippen LogP contribution in [0.3, 0.4) is 0 Å². The normalized spacial score (nSPS) is 17.0. The quantitative estimate of drug-likeness (QED) is 0.788. The third-order valence-corrected chi connectivity index (χ3v) is 5.24. The monoisotopic (exact) mass is 301 g/mol. The molecular weight excluding hydrogens is 278 g/mol. The summed E-state index contributed by atoms with van der Waals surface area (Å²) in [5.41, 5.74) is 2.42. The molecule has 1 atom stereocenters. The molecule has 112 valence electrons. The smallest absolute Gasteiger partial charge is 0.0713 e. The molecule has 1 aliphatic rings. The Morgan fingerprint density at radius 2 is 2.10 bits per heavy atom. The van der Waals surface area contributed by atoms with Gasteiger partial charge in [-0.25, -0.2) is 0 Å². The van der Waals surface area contributed by atoms with Crippen LogP contribution in [0.2, 0.25) is 0 Å². The van der Waals surface area contributed by atoms with Crippen LogP contribution in [0.4, 0.5) is 5.69 Å². The van der Waals surface area contributed by atoms with E-state index < -0.39 is 0 Å². The fourth-order valence-electron chi connectivity index (χ4n) is 3.28. The van der Waals surface area contributed by atoms with Gasteiger partial charge < -0.3 is 10.1 Å². The van der Waals surface area contributed by atoms with Crippen molar-refractivity contribution >= 4 is 17.0 Å². The van der Waals surface area contributed by atoms with E-state index in [4.69, 9.17) is 4.74 Å². The van der Waals surface area contributed by atoms with Crippen molar-refractivity contribution in [3.05, 3.63) is 52.2 Å². The average molecular weight is 301 g/mol. The van der Waals surface area contributed by atoms with E-state index in [0.717, 1.165) is 5.92 Å². The SMILES string of the molecule is COCc1cccc(NC(c2cccs2)C2CCCC2)c1. The van der Waals surface area contributed by atoms with E-state index in [1.807, 2.05) is 11.3 Å². The zero-order chi connectivity index (χ0) is 14.5. The summed E-state index contributed by atoms with van der Waals surface area (Å²) in [5.74, 6) is 0.759. The standard InChI is InChI=1S/C18H23NOS/c1-20-13-14-6-4-9-16(12-14)19-18(15-7-2-3-8-15)17-10-5-11-21-17/h4-6,9-12,15,18-19H,2-3,7-8,13H2,1H3. The van der Waals surface area contributed by atoms with E-state index in [-0.39, 0.29) is 0 Å². The van der Waals surface area contributed by atoms with Crippen molar-refractivity contribution in [2.75, 3.05) is 12.4 Å². The van der Waals surface area contributed by atoms with Crippen LogP contribution in [-0.2, 0) is 11.3 Å². The van der Waals surface area contributed by atoms with Gasteiger partial charge in [0.15, 0.2) is 0 Å². The Morgan fingerprint density at radius 1 is 1.24 bits per heavy atom. The lowest BCUT2D eigenvalue weighted by molar-refractivity contribution is 0.185. The maximum Gasteiger partial charge on any atom is 0.0713 e. The van der Waals surface area contributed by atoms with Gasteiger partial charge in [0.05, 0.1) is 12.6 Å². The molecule has 1 aromatic carbocycles. The molecule has 0 spiro atoms. The van der Waals surface area contributed by atoms with Crippen LogP contribution in [0.1, 0.15) is 42.2 Å². The number of nitrogens with one attached hydrogen (secondary N) is 1. The molecule has 2 aromatic rings. The highest BCUT2D eigenvalue weighted by Crippen LogP contribution is 2.39. The van der Waals surface area contributed by atoms with Gasteiger partial charge >= 0.3 is 0 Å². The molecule has 2 nitrogen and oxygen atoms in total. The average Bonchev–Trinajstić information content (AvgIpc) is 3.19. The lowest BCUT2D eigenvalue weighted by atomic mass is 9.96. The molecular formula is C18H23NOS. The highest BCUT2D eigenvalue weighted by molar-refractivity contribution is 7.10. The molecule has 1 saturated carbocycles. The second kappa shape index (κ2) is 7.10. The van der Waals surface area contributed by atoms with Crippen LogP contribution >= 0.6 is 11.3 Å². The molecule has 1 aromatic heterocycles. The summed E-state index contributed by atoms with van der Waals surface area (Å²) in [5, 5.41) is 5.96. The van der Waals surface area contributed by atoms with Gasteiger partial charge in [0.2, 0.25) is 0 Å². The number of thiophene rings is 1. The summed E-state index contributed by atoms with van der Waals surface area (Å²) in [7, 11) is 1.74. The minimum atomic E-state index is 0.449. The Hall–Kier alpha value is -1.32. The van der Waals surface area contributed by atoms with E-state index >= 15 is 0 Å². The Bertz CT molecular complexity index is 546. The Labute approximate surface area is 131 Å². The number of ether oxygens (including phenoxy) is 1. The predicted octanol–water partition coefficient (Wildman–Crippen LogP) is 5.24. The Balaban J connectivity index is 1.79. The van der Waals surface area contributed by atoms with E-state index in [0.29, 0.717) is 12.6 Å². The van der Waals surface area contributed by atoms with Gasteiger partial charge in [0.25, 0.3) is 0 Å². The van der Waals surface area contributed by atoms with Crippen molar-refractivity contribution in [3.8, 4) is 0 Å². The third kappa shape index (κ3) is 3.66. The van der Waals surface area contributed by atoms with Crippen LogP contribution in [0.25, 0.3) is 0 Å². The first-order valence-electron chi connectivity index (χ1n) is 7.74. The summed E-state index contributed by atoms with van der Waals surface area (Å²) in [6, 6.07) is 13.5. The van der Waals surface area contributed by atoms with E-state index in [9.17, 15) is 0 Å². The fraction of sp³-hybridized carbons (Fsp3) is 0.444. The zero-order valence-corrected chi connectivity index (χ0v) is 13.4. The minimum Gasteiger partial charge on any atom is -0.380 e. The lowest BCUT2D eigenvalue weighted by Gasteiger charge is -2.25. The predicted molar refractivity (Wildman–Crippen MR) is 89.8 cm³/mol. The minimum absolute atomic E-state index is 0.449. The van der Waals surface area contributed by atoms with Crippen LogP contribution in [-0.4, -0.2) is 7.11 Å². The number of benzene rings is 1. The Kier molecular flexibility index (Phi) is 4.94. The first-order chi connectivity index (χ1) is 10.4. The van der Waals surface area contributed by atoms with Gasteiger partial charge in [-0.15, -0.1) is 11.3 Å². The van der Waals surface area contributed by atoms with Crippen LogP contribution < -0.4 is 5.32 Å². The first-order valence-corrected chi connectivity index (χ1v) is 8.62. The van der Waals surface area contributed by atoms with Gasteiger partial charge in [0, 0.05) is 17.7 Å².